The van der Waals surface area contributed by atoms with Crippen LogP contribution in [0.2, 0.25) is 0 Å². The van der Waals surface area contributed by atoms with E-state index in [4.69, 9.17) is 0 Å². The van der Waals surface area contributed by atoms with Crippen molar-refractivity contribution in [3.05, 3.63) is 0 Å². The van der Waals surface area contributed by atoms with Gasteiger partial charge in [0, 0.05) is 31.7 Å². The maximum absolute atomic E-state index is 12.7. The third-order valence-corrected chi connectivity index (χ3v) is 6.28. The van der Waals surface area contributed by atoms with Crippen LogP contribution < -0.4 is 5.32 Å². The van der Waals surface area contributed by atoms with Gasteiger partial charge in [-0.25, -0.2) is 0 Å². The van der Waals surface area contributed by atoms with Crippen LogP contribution in [0.4, 0.5) is 0 Å². The monoisotopic (exact) mass is 336 g/mol. The molecule has 2 saturated carbocycles. The number of nitrogens with one attached hydrogen (secondary N) is 1. The summed E-state index contributed by atoms with van der Waals surface area (Å²) in [4.78, 5) is 27.0. The Kier molecular flexibility index (Phi) is 6.14. The summed E-state index contributed by atoms with van der Waals surface area (Å²) in [7, 11) is 0. The summed E-state index contributed by atoms with van der Waals surface area (Å²) in [5, 5.41) is 12.5. The second-order valence-electron chi connectivity index (χ2n) is 7.91. The van der Waals surface area contributed by atoms with Crippen molar-refractivity contribution in [3.63, 3.8) is 0 Å². The minimum atomic E-state index is -0.206. The maximum atomic E-state index is 12.7. The van der Waals surface area contributed by atoms with Crippen LogP contribution in [0, 0.1) is 11.8 Å². The Morgan fingerprint density at radius 1 is 1.12 bits per heavy atom. The lowest BCUT2D eigenvalue weighted by Crippen LogP contribution is -2.45. The lowest BCUT2D eigenvalue weighted by atomic mass is 9.82. The number of likely N-dealkylation sites (tertiary alicyclic amines) is 1. The Morgan fingerprint density at radius 3 is 2.46 bits per heavy atom. The van der Waals surface area contributed by atoms with Crippen LogP contribution in [0.5, 0.6) is 0 Å². The Morgan fingerprint density at radius 2 is 1.79 bits per heavy atom. The van der Waals surface area contributed by atoms with Crippen LogP contribution in [0.25, 0.3) is 0 Å². The van der Waals surface area contributed by atoms with Gasteiger partial charge in [-0.3, -0.25) is 9.59 Å². The second-order valence-corrected chi connectivity index (χ2v) is 7.91. The van der Waals surface area contributed by atoms with Gasteiger partial charge in [-0.15, -0.1) is 0 Å². The number of carbonyl (C=O) groups excluding carboxylic acids is 2. The fraction of sp³-hybridized carbons (Fsp3) is 0.895. The van der Waals surface area contributed by atoms with Gasteiger partial charge >= 0.3 is 0 Å². The fourth-order valence-electron chi connectivity index (χ4n) is 4.88. The molecule has 1 heterocycles. The van der Waals surface area contributed by atoms with Gasteiger partial charge in [-0.05, 0) is 38.0 Å². The van der Waals surface area contributed by atoms with Crippen LogP contribution >= 0.6 is 0 Å². The van der Waals surface area contributed by atoms with Gasteiger partial charge in [0.2, 0.25) is 11.8 Å². The fourth-order valence-corrected chi connectivity index (χ4v) is 4.88. The highest BCUT2D eigenvalue weighted by molar-refractivity contribution is 5.89. The lowest BCUT2D eigenvalue weighted by molar-refractivity contribution is -0.130. The van der Waals surface area contributed by atoms with E-state index in [9.17, 15) is 14.7 Å². The van der Waals surface area contributed by atoms with E-state index in [1.165, 1.54) is 32.1 Å². The first-order chi connectivity index (χ1) is 11.7. The van der Waals surface area contributed by atoms with E-state index in [0.717, 1.165) is 25.7 Å². The first-order valence-corrected chi connectivity index (χ1v) is 9.89. The average Bonchev–Trinajstić information content (AvgIpc) is 3.24. The van der Waals surface area contributed by atoms with E-state index in [-0.39, 0.29) is 30.4 Å². The third-order valence-electron chi connectivity index (χ3n) is 6.28. The first kappa shape index (κ1) is 17.7. The normalized spacial score (nSPS) is 27.6. The number of aliphatic hydroxyl groups excluding tert-OH is 1. The first-order valence-electron chi connectivity index (χ1n) is 9.89. The van der Waals surface area contributed by atoms with Gasteiger partial charge in [-0.2, -0.15) is 0 Å². The zero-order valence-corrected chi connectivity index (χ0v) is 14.7. The predicted octanol–water partition coefficient (Wildman–Crippen LogP) is 2.22. The number of carbonyl (C=O) groups is 2. The summed E-state index contributed by atoms with van der Waals surface area (Å²) in [6, 6.07) is 0.431. The van der Waals surface area contributed by atoms with Crippen LogP contribution in [0.1, 0.15) is 70.6 Å². The van der Waals surface area contributed by atoms with Crippen LogP contribution in [-0.2, 0) is 9.59 Å². The molecule has 0 bridgehead atoms. The third kappa shape index (κ3) is 4.11. The molecule has 5 nitrogen and oxygen atoms in total. The van der Waals surface area contributed by atoms with Crippen molar-refractivity contribution < 1.29 is 14.7 Å². The van der Waals surface area contributed by atoms with Crippen molar-refractivity contribution >= 4 is 11.8 Å². The highest BCUT2D eigenvalue weighted by atomic mass is 16.3. The molecule has 24 heavy (non-hydrogen) atoms. The highest BCUT2D eigenvalue weighted by Crippen LogP contribution is 2.31. The summed E-state index contributed by atoms with van der Waals surface area (Å²) in [6.07, 6.45) is 11.6. The summed E-state index contributed by atoms with van der Waals surface area (Å²) >= 11 is 0. The molecule has 0 radical (unpaired) electrons. The minimum Gasteiger partial charge on any atom is -0.396 e. The quantitative estimate of drug-likeness (QED) is 0.781. The molecule has 1 saturated heterocycles. The number of amides is 2. The largest absolute Gasteiger partial charge is 0.396 e. The van der Waals surface area contributed by atoms with Crippen molar-refractivity contribution in [2.75, 3.05) is 13.2 Å². The second kappa shape index (κ2) is 8.32. The smallest absolute Gasteiger partial charge is 0.225 e. The SMILES string of the molecule is O=C(NC(CCO)C1CCCCC1)C1CC(=O)N(C2CCCC2)C1. The molecule has 2 aliphatic carbocycles. The molecule has 0 spiro atoms. The molecule has 3 rings (SSSR count). The molecule has 3 aliphatic rings. The van der Waals surface area contributed by atoms with Gasteiger partial charge in [0.1, 0.15) is 0 Å². The molecule has 136 valence electrons. The molecule has 5 heteroatoms. The Labute approximate surface area is 145 Å². The molecule has 0 aromatic carbocycles. The van der Waals surface area contributed by atoms with Crippen molar-refractivity contribution in [2.45, 2.75) is 82.7 Å². The zero-order chi connectivity index (χ0) is 16.9. The molecule has 0 aromatic heterocycles. The van der Waals surface area contributed by atoms with Crippen molar-refractivity contribution in [1.29, 1.82) is 0 Å². The summed E-state index contributed by atoms with van der Waals surface area (Å²) < 4.78 is 0. The van der Waals surface area contributed by atoms with E-state index in [2.05, 4.69) is 5.32 Å². The lowest BCUT2D eigenvalue weighted by Gasteiger charge is -2.31. The Bertz CT molecular complexity index is 442. The molecule has 0 aromatic rings. The zero-order valence-electron chi connectivity index (χ0n) is 14.7. The van der Waals surface area contributed by atoms with Gasteiger partial charge < -0.3 is 15.3 Å². The summed E-state index contributed by atoms with van der Waals surface area (Å²) in [5.74, 6) is 0.451. The number of hydrogen-bond acceptors (Lipinski definition) is 3. The Balaban J connectivity index is 1.55. The molecule has 2 amide bonds. The van der Waals surface area contributed by atoms with E-state index in [1.807, 2.05) is 4.90 Å². The number of hydrogen-bond donors (Lipinski definition) is 2. The van der Waals surface area contributed by atoms with E-state index < -0.39 is 0 Å². The van der Waals surface area contributed by atoms with E-state index in [1.54, 1.807) is 0 Å². The van der Waals surface area contributed by atoms with Crippen molar-refractivity contribution in [2.24, 2.45) is 11.8 Å². The number of aliphatic hydroxyl groups is 1. The minimum absolute atomic E-state index is 0.0212. The molecular formula is C19H32N2O3. The molecule has 1 aliphatic heterocycles. The van der Waals surface area contributed by atoms with Crippen molar-refractivity contribution in [3.8, 4) is 0 Å². The molecule has 2 unspecified atom stereocenters. The van der Waals surface area contributed by atoms with Crippen LogP contribution in [-0.4, -0.2) is 47.1 Å². The standard InChI is InChI=1S/C19H32N2O3/c22-11-10-17(14-6-2-1-3-7-14)20-19(24)15-12-18(23)21(13-15)16-8-4-5-9-16/h14-17,22H,1-13H2,(H,20,24). The van der Waals surface area contributed by atoms with E-state index in [0.29, 0.717) is 31.3 Å². The molecule has 2 N–H and O–H groups in total. The van der Waals surface area contributed by atoms with Gasteiger partial charge in [0.15, 0.2) is 0 Å². The maximum Gasteiger partial charge on any atom is 0.225 e. The molecule has 2 atom stereocenters. The molecule has 3 fully saturated rings. The number of rotatable bonds is 6. The Hall–Kier alpha value is -1.10. The topological polar surface area (TPSA) is 69.6 Å². The molecular weight excluding hydrogens is 304 g/mol. The summed E-state index contributed by atoms with van der Waals surface area (Å²) in [5.41, 5.74) is 0. The number of nitrogens with zero attached hydrogens (tertiary/aromatic N) is 1. The van der Waals surface area contributed by atoms with Crippen LogP contribution in [0.3, 0.4) is 0 Å². The highest BCUT2D eigenvalue weighted by Gasteiger charge is 2.39. The van der Waals surface area contributed by atoms with Gasteiger partial charge in [0.25, 0.3) is 0 Å². The van der Waals surface area contributed by atoms with E-state index >= 15 is 0 Å². The van der Waals surface area contributed by atoms with Crippen LogP contribution in [0.15, 0.2) is 0 Å². The van der Waals surface area contributed by atoms with Crippen molar-refractivity contribution in [1.82, 2.24) is 10.2 Å². The predicted molar refractivity (Wildman–Crippen MR) is 92.3 cm³/mol. The average molecular weight is 336 g/mol. The van der Waals surface area contributed by atoms with Gasteiger partial charge in [0.05, 0.1) is 5.92 Å². The summed E-state index contributed by atoms with van der Waals surface area (Å²) in [6.45, 7) is 0.699. The van der Waals surface area contributed by atoms with Gasteiger partial charge in [-0.1, -0.05) is 32.1 Å².